The molecule has 1 unspecified atom stereocenters. The minimum absolute atomic E-state index is 0.363. The van der Waals surface area contributed by atoms with Crippen LogP contribution in [-0.4, -0.2) is 18.3 Å². The quantitative estimate of drug-likeness (QED) is 0.729. The standard InChI is InChI=1S/C17H26N2S/c1-14-9-15(2)11-16(10-14)12-20-8-6-5-7-17(3,13-18)19-4/h9-11,19H,5-8,12H2,1-4H3. The summed E-state index contributed by atoms with van der Waals surface area (Å²) in [5.74, 6) is 2.25. The highest BCUT2D eigenvalue weighted by Crippen LogP contribution is 2.19. The molecule has 110 valence electrons. The molecule has 0 heterocycles. The van der Waals surface area contributed by atoms with E-state index in [1.807, 2.05) is 25.7 Å². The second-order valence-corrected chi connectivity index (χ2v) is 6.80. The highest BCUT2D eigenvalue weighted by atomic mass is 32.2. The monoisotopic (exact) mass is 290 g/mol. The Morgan fingerprint density at radius 1 is 1.20 bits per heavy atom. The van der Waals surface area contributed by atoms with Crippen LogP contribution in [-0.2, 0) is 5.75 Å². The maximum absolute atomic E-state index is 9.07. The van der Waals surface area contributed by atoms with Gasteiger partial charge in [0, 0.05) is 5.75 Å². The van der Waals surface area contributed by atoms with Crippen molar-refractivity contribution in [2.24, 2.45) is 0 Å². The van der Waals surface area contributed by atoms with Crippen LogP contribution in [0.25, 0.3) is 0 Å². The van der Waals surface area contributed by atoms with Crippen LogP contribution in [0.3, 0.4) is 0 Å². The van der Waals surface area contributed by atoms with Gasteiger partial charge in [0.05, 0.1) is 6.07 Å². The summed E-state index contributed by atoms with van der Waals surface area (Å²) in [6.07, 6.45) is 3.20. The third-order valence-electron chi connectivity index (χ3n) is 3.56. The number of nitriles is 1. The van der Waals surface area contributed by atoms with E-state index in [0.29, 0.717) is 0 Å². The van der Waals surface area contributed by atoms with Crippen LogP contribution in [0.5, 0.6) is 0 Å². The first-order valence-corrected chi connectivity index (χ1v) is 8.39. The average Bonchev–Trinajstić information content (AvgIpc) is 2.41. The van der Waals surface area contributed by atoms with Gasteiger partial charge in [0.1, 0.15) is 5.54 Å². The molecule has 1 rings (SSSR count). The molecule has 0 aliphatic heterocycles. The Labute approximate surface area is 128 Å². The molecule has 20 heavy (non-hydrogen) atoms. The second kappa shape index (κ2) is 8.34. The Kier molecular flexibility index (Phi) is 7.12. The van der Waals surface area contributed by atoms with Gasteiger partial charge in [0.25, 0.3) is 0 Å². The van der Waals surface area contributed by atoms with Crippen LogP contribution >= 0.6 is 11.8 Å². The van der Waals surface area contributed by atoms with Gasteiger partial charge in [-0.1, -0.05) is 29.3 Å². The lowest BCUT2D eigenvalue weighted by molar-refractivity contribution is 0.439. The smallest absolute Gasteiger partial charge is 0.103 e. The first-order valence-electron chi connectivity index (χ1n) is 7.24. The number of nitrogens with one attached hydrogen (secondary N) is 1. The topological polar surface area (TPSA) is 35.8 Å². The lowest BCUT2D eigenvalue weighted by atomic mass is 9.97. The van der Waals surface area contributed by atoms with Crippen LogP contribution in [0.4, 0.5) is 0 Å². The van der Waals surface area contributed by atoms with E-state index < -0.39 is 0 Å². The van der Waals surface area contributed by atoms with Crippen molar-refractivity contribution in [3.63, 3.8) is 0 Å². The van der Waals surface area contributed by atoms with Gasteiger partial charge in [-0.2, -0.15) is 17.0 Å². The number of hydrogen-bond acceptors (Lipinski definition) is 3. The molecule has 0 bridgehead atoms. The second-order valence-electron chi connectivity index (χ2n) is 5.70. The van der Waals surface area contributed by atoms with Crippen LogP contribution in [0.2, 0.25) is 0 Å². The fraction of sp³-hybridized carbons (Fsp3) is 0.588. The maximum atomic E-state index is 9.07. The lowest BCUT2D eigenvalue weighted by Crippen LogP contribution is -2.37. The summed E-state index contributed by atoms with van der Waals surface area (Å²) in [4.78, 5) is 0. The summed E-state index contributed by atoms with van der Waals surface area (Å²) in [5.41, 5.74) is 3.75. The van der Waals surface area contributed by atoms with Crippen molar-refractivity contribution in [1.29, 1.82) is 5.26 Å². The molecule has 0 fully saturated rings. The zero-order valence-corrected chi connectivity index (χ0v) is 13.9. The normalized spacial score (nSPS) is 13.8. The number of hydrogen-bond donors (Lipinski definition) is 1. The predicted octanol–water partition coefficient (Wildman–Crippen LogP) is 4.21. The molecule has 1 aromatic carbocycles. The van der Waals surface area contributed by atoms with Gasteiger partial charge >= 0.3 is 0 Å². The molecule has 3 heteroatoms. The molecule has 0 saturated carbocycles. The number of thioether (sulfide) groups is 1. The number of aryl methyl sites for hydroxylation is 2. The van der Waals surface area contributed by atoms with E-state index in [4.69, 9.17) is 5.26 Å². The fourth-order valence-corrected chi connectivity index (χ4v) is 3.22. The Bertz CT molecular complexity index is 444. The number of unbranched alkanes of at least 4 members (excludes halogenated alkanes) is 1. The fourth-order valence-electron chi connectivity index (χ4n) is 2.26. The van der Waals surface area contributed by atoms with Crippen molar-refractivity contribution in [3.05, 3.63) is 34.9 Å². The first kappa shape index (κ1) is 17.1. The molecular weight excluding hydrogens is 264 g/mol. The summed E-state index contributed by atoms with van der Waals surface area (Å²) < 4.78 is 0. The average molecular weight is 290 g/mol. The molecule has 2 nitrogen and oxygen atoms in total. The molecule has 0 saturated heterocycles. The maximum Gasteiger partial charge on any atom is 0.103 e. The Hall–Kier alpha value is -0.980. The summed E-state index contributed by atoms with van der Waals surface area (Å²) in [5, 5.41) is 12.2. The highest BCUT2D eigenvalue weighted by molar-refractivity contribution is 7.98. The zero-order chi connectivity index (χ0) is 15.0. The van der Waals surface area contributed by atoms with E-state index in [-0.39, 0.29) is 5.54 Å². The molecule has 1 N–H and O–H groups in total. The molecule has 0 amide bonds. The molecule has 0 radical (unpaired) electrons. The molecule has 0 aliphatic carbocycles. The number of nitrogens with zero attached hydrogens (tertiary/aromatic N) is 1. The van der Waals surface area contributed by atoms with Gasteiger partial charge in [0.15, 0.2) is 0 Å². The Morgan fingerprint density at radius 2 is 1.85 bits per heavy atom. The predicted molar refractivity (Wildman–Crippen MR) is 89.0 cm³/mol. The van der Waals surface area contributed by atoms with Crippen LogP contribution in [0.15, 0.2) is 18.2 Å². The molecule has 0 aromatic heterocycles. The first-order chi connectivity index (χ1) is 9.49. The lowest BCUT2D eigenvalue weighted by Gasteiger charge is -2.20. The highest BCUT2D eigenvalue weighted by Gasteiger charge is 2.19. The van der Waals surface area contributed by atoms with Gasteiger partial charge in [-0.25, -0.2) is 0 Å². The molecule has 1 aromatic rings. The van der Waals surface area contributed by atoms with Crippen molar-refractivity contribution in [2.45, 2.75) is 51.3 Å². The zero-order valence-electron chi connectivity index (χ0n) is 13.1. The van der Waals surface area contributed by atoms with Gasteiger partial charge in [-0.05, 0) is 58.4 Å². The van der Waals surface area contributed by atoms with Gasteiger partial charge < -0.3 is 5.32 Å². The SMILES string of the molecule is CNC(C)(C#N)CCCCSCc1cc(C)cc(C)c1. The minimum atomic E-state index is -0.363. The molecule has 1 atom stereocenters. The molecule has 0 spiro atoms. The van der Waals surface area contributed by atoms with Crippen molar-refractivity contribution < 1.29 is 0 Å². The van der Waals surface area contributed by atoms with E-state index in [2.05, 4.69) is 43.4 Å². The Morgan fingerprint density at radius 3 is 2.40 bits per heavy atom. The van der Waals surface area contributed by atoms with E-state index in [0.717, 1.165) is 24.3 Å². The van der Waals surface area contributed by atoms with Gasteiger partial charge in [-0.15, -0.1) is 0 Å². The largest absolute Gasteiger partial charge is 0.303 e. The third-order valence-corrected chi connectivity index (χ3v) is 4.68. The van der Waals surface area contributed by atoms with Gasteiger partial charge in [0.2, 0.25) is 0 Å². The summed E-state index contributed by atoms with van der Waals surface area (Å²) in [6, 6.07) is 9.10. The van der Waals surface area contributed by atoms with E-state index in [9.17, 15) is 0 Å². The van der Waals surface area contributed by atoms with Gasteiger partial charge in [-0.3, -0.25) is 0 Å². The minimum Gasteiger partial charge on any atom is -0.303 e. The third kappa shape index (κ3) is 5.98. The summed E-state index contributed by atoms with van der Waals surface area (Å²) >= 11 is 1.99. The van der Waals surface area contributed by atoms with Crippen LogP contribution in [0.1, 0.15) is 42.9 Å². The van der Waals surface area contributed by atoms with E-state index >= 15 is 0 Å². The van der Waals surface area contributed by atoms with Crippen molar-refractivity contribution in [3.8, 4) is 6.07 Å². The van der Waals surface area contributed by atoms with Crippen LogP contribution in [0, 0.1) is 25.2 Å². The molecular formula is C17H26N2S. The Balaban J connectivity index is 2.21. The number of rotatable bonds is 8. The van der Waals surface area contributed by atoms with Crippen molar-refractivity contribution in [1.82, 2.24) is 5.32 Å². The molecule has 0 aliphatic rings. The van der Waals surface area contributed by atoms with E-state index in [1.54, 1.807) is 0 Å². The summed E-state index contributed by atoms with van der Waals surface area (Å²) in [7, 11) is 1.86. The number of benzene rings is 1. The summed E-state index contributed by atoms with van der Waals surface area (Å²) in [6.45, 7) is 6.28. The van der Waals surface area contributed by atoms with Crippen molar-refractivity contribution >= 4 is 11.8 Å². The van der Waals surface area contributed by atoms with Crippen molar-refractivity contribution in [2.75, 3.05) is 12.8 Å². The van der Waals surface area contributed by atoms with Crippen LogP contribution < -0.4 is 5.32 Å². The van der Waals surface area contributed by atoms with E-state index in [1.165, 1.54) is 23.1 Å².